The lowest BCUT2D eigenvalue weighted by atomic mass is 10.1. The van der Waals surface area contributed by atoms with Gasteiger partial charge >= 0.3 is 0 Å². The predicted octanol–water partition coefficient (Wildman–Crippen LogP) is 3.28. The summed E-state index contributed by atoms with van der Waals surface area (Å²) >= 11 is 0. The van der Waals surface area contributed by atoms with Gasteiger partial charge in [-0.3, -0.25) is 4.68 Å². The molecule has 4 aromatic rings. The number of benzene rings is 2. The van der Waals surface area contributed by atoms with Crippen molar-refractivity contribution < 1.29 is 4.74 Å². The van der Waals surface area contributed by atoms with Gasteiger partial charge in [0, 0.05) is 16.7 Å². The third-order valence-corrected chi connectivity index (χ3v) is 4.39. The molecule has 0 saturated heterocycles. The number of nitrogens with one attached hydrogen (secondary N) is 1. The summed E-state index contributed by atoms with van der Waals surface area (Å²) in [6.07, 6.45) is 1.57. The molecule has 3 heterocycles. The molecule has 2 aromatic heterocycles. The Hall–Kier alpha value is -3.41. The summed E-state index contributed by atoms with van der Waals surface area (Å²) in [5.74, 6) is 1.60. The SMILES string of the molecule is c1ccc(-c2cc3n(n2)Cc2ccc(-c4nnc[nH]4)cc2OC3)cc1. The highest BCUT2D eigenvalue weighted by molar-refractivity contribution is 5.61. The molecule has 122 valence electrons. The van der Waals surface area contributed by atoms with Gasteiger partial charge in [0.1, 0.15) is 18.7 Å². The average Bonchev–Trinajstić information content (AvgIpc) is 3.29. The van der Waals surface area contributed by atoms with Crippen LogP contribution in [0.5, 0.6) is 5.75 Å². The van der Waals surface area contributed by atoms with Gasteiger partial charge in [0.05, 0.1) is 17.9 Å². The van der Waals surface area contributed by atoms with E-state index < -0.39 is 0 Å². The first kappa shape index (κ1) is 14.0. The molecule has 6 heteroatoms. The van der Waals surface area contributed by atoms with E-state index in [1.54, 1.807) is 6.33 Å². The molecular formula is C19H15N5O. The van der Waals surface area contributed by atoms with Gasteiger partial charge < -0.3 is 9.72 Å². The lowest BCUT2D eigenvalue weighted by Crippen LogP contribution is -2.03. The van der Waals surface area contributed by atoms with E-state index in [1.807, 2.05) is 35.0 Å². The average molecular weight is 329 g/mol. The second-order valence-electron chi connectivity index (χ2n) is 5.99. The van der Waals surface area contributed by atoms with Gasteiger partial charge in [-0.1, -0.05) is 42.5 Å². The van der Waals surface area contributed by atoms with Crippen molar-refractivity contribution in [2.24, 2.45) is 0 Å². The van der Waals surface area contributed by atoms with Crippen molar-refractivity contribution in [2.75, 3.05) is 0 Å². The Morgan fingerprint density at radius 1 is 1.00 bits per heavy atom. The monoisotopic (exact) mass is 329 g/mol. The van der Waals surface area contributed by atoms with Crippen LogP contribution in [0.2, 0.25) is 0 Å². The molecule has 0 radical (unpaired) electrons. The van der Waals surface area contributed by atoms with Crippen LogP contribution in [0.15, 0.2) is 60.9 Å². The van der Waals surface area contributed by atoms with Gasteiger partial charge in [-0.15, -0.1) is 10.2 Å². The largest absolute Gasteiger partial charge is 0.487 e. The zero-order chi connectivity index (χ0) is 16.6. The number of nitrogens with zero attached hydrogens (tertiary/aromatic N) is 4. The van der Waals surface area contributed by atoms with E-state index in [9.17, 15) is 0 Å². The second kappa shape index (κ2) is 5.59. The molecular weight excluding hydrogens is 314 g/mol. The Bertz CT molecular complexity index is 1020. The van der Waals surface area contributed by atoms with Crippen LogP contribution in [0.25, 0.3) is 22.6 Å². The number of ether oxygens (including phenoxy) is 1. The third-order valence-electron chi connectivity index (χ3n) is 4.39. The minimum Gasteiger partial charge on any atom is -0.487 e. The number of aromatic nitrogens is 5. The molecule has 0 atom stereocenters. The summed E-state index contributed by atoms with van der Waals surface area (Å²) in [5.41, 5.74) is 5.21. The molecule has 2 aromatic carbocycles. The van der Waals surface area contributed by atoms with Crippen molar-refractivity contribution in [3.63, 3.8) is 0 Å². The summed E-state index contributed by atoms with van der Waals surface area (Å²) in [4.78, 5) is 3.02. The quantitative estimate of drug-likeness (QED) is 0.613. The van der Waals surface area contributed by atoms with E-state index in [-0.39, 0.29) is 0 Å². The molecule has 25 heavy (non-hydrogen) atoms. The van der Waals surface area contributed by atoms with Crippen LogP contribution in [0.3, 0.4) is 0 Å². The van der Waals surface area contributed by atoms with E-state index >= 15 is 0 Å². The minimum absolute atomic E-state index is 0.493. The highest BCUT2D eigenvalue weighted by Crippen LogP contribution is 2.30. The van der Waals surface area contributed by atoms with Crippen LogP contribution < -0.4 is 4.74 Å². The minimum atomic E-state index is 0.493. The maximum Gasteiger partial charge on any atom is 0.161 e. The number of aromatic amines is 1. The van der Waals surface area contributed by atoms with E-state index in [0.29, 0.717) is 13.2 Å². The molecule has 0 amide bonds. The molecule has 0 fully saturated rings. The first-order valence-electron chi connectivity index (χ1n) is 8.11. The first-order chi connectivity index (χ1) is 12.4. The maximum atomic E-state index is 6.04. The van der Waals surface area contributed by atoms with Gasteiger partial charge in [0.15, 0.2) is 5.82 Å². The number of H-pyrrole nitrogens is 1. The lowest BCUT2D eigenvalue weighted by Gasteiger charge is -2.08. The lowest BCUT2D eigenvalue weighted by molar-refractivity contribution is 0.302. The van der Waals surface area contributed by atoms with Crippen molar-refractivity contribution in [3.05, 3.63) is 72.2 Å². The fraction of sp³-hybridized carbons (Fsp3) is 0.105. The van der Waals surface area contributed by atoms with Crippen LogP contribution >= 0.6 is 0 Å². The summed E-state index contributed by atoms with van der Waals surface area (Å²) in [5, 5.41) is 12.6. The van der Waals surface area contributed by atoms with Crippen molar-refractivity contribution in [3.8, 4) is 28.4 Å². The second-order valence-corrected chi connectivity index (χ2v) is 5.99. The molecule has 0 unspecified atom stereocenters. The van der Waals surface area contributed by atoms with E-state index in [0.717, 1.165) is 39.7 Å². The van der Waals surface area contributed by atoms with E-state index in [1.165, 1.54) is 0 Å². The Morgan fingerprint density at radius 3 is 2.76 bits per heavy atom. The number of hydrogen-bond acceptors (Lipinski definition) is 4. The van der Waals surface area contributed by atoms with Crippen LogP contribution in [0, 0.1) is 0 Å². The van der Waals surface area contributed by atoms with E-state index in [4.69, 9.17) is 9.84 Å². The molecule has 1 N–H and O–H groups in total. The van der Waals surface area contributed by atoms with Crippen molar-refractivity contribution >= 4 is 0 Å². The van der Waals surface area contributed by atoms with Crippen LogP contribution in [-0.2, 0) is 13.2 Å². The van der Waals surface area contributed by atoms with Crippen molar-refractivity contribution in [1.82, 2.24) is 25.0 Å². The molecule has 6 nitrogen and oxygen atoms in total. The zero-order valence-corrected chi connectivity index (χ0v) is 13.4. The summed E-state index contributed by atoms with van der Waals surface area (Å²) in [6.45, 7) is 1.18. The smallest absolute Gasteiger partial charge is 0.161 e. The molecule has 1 aliphatic rings. The standard InChI is InChI=1S/C19H15N5O/c1-2-4-13(5-3-1)17-9-16-11-25-18-8-14(19-20-12-21-22-19)6-7-15(18)10-24(16)23-17/h1-9,12H,10-11H2,(H,20,21,22). The molecule has 0 saturated carbocycles. The third kappa shape index (κ3) is 2.48. The Kier molecular flexibility index (Phi) is 3.13. The zero-order valence-electron chi connectivity index (χ0n) is 13.4. The van der Waals surface area contributed by atoms with Crippen molar-refractivity contribution in [2.45, 2.75) is 13.2 Å². The van der Waals surface area contributed by atoms with Crippen LogP contribution in [-0.4, -0.2) is 25.0 Å². The topological polar surface area (TPSA) is 68.6 Å². The highest BCUT2D eigenvalue weighted by atomic mass is 16.5. The van der Waals surface area contributed by atoms with Gasteiger partial charge in [0.2, 0.25) is 0 Å². The molecule has 0 spiro atoms. The fourth-order valence-electron chi connectivity index (χ4n) is 3.08. The fourth-order valence-corrected chi connectivity index (χ4v) is 3.08. The van der Waals surface area contributed by atoms with Gasteiger partial charge in [0.25, 0.3) is 0 Å². The summed E-state index contributed by atoms with van der Waals surface area (Å²) in [7, 11) is 0. The molecule has 0 aliphatic carbocycles. The van der Waals surface area contributed by atoms with Gasteiger partial charge in [-0.2, -0.15) is 5.10 Å². The highest BCUT2D eigenvalue weighted by Gasteiger charge is 2.18. The Labute approximate surface area is 144 Å². The molecule has 5 rings (SSSR count). The summed E-state index contributed by atoms with van der Waals surface area (Å²) in [6, 6.07) is 18.4. The first-order valence-corrected chi connectivity index (χ1v) is 8.11. The number of rotatable bonds is 2. The number of hydrogen-bond donors (Lipinski definition) is 1. The van der Waals surface area contributed by atoms with Crippen molar-refractivity contribution in [1.29, 1.82) is 0 Å². The normalized spacial score (nSPS) is 12.8. The van der Waals surface area contributed by atoms with E-state index in [2.05, 4.69) is 39.4 Å². The van der Waals surface area contributed by atoms with Gasteiger partial charge in [-0.25, -0.2) is 0 Å². The van der Waals surface area contributed by atoms with Gasteiger partial charge in [-0.05, 0) is 12.1 Å². The maximum absolute atomic E-state index is 6.04. The molecule has 1 aliphatic heterocycles. The number of fused-ring (bicyclic) bond motifs is 2. The Morgan fingerprint density at radius 2 is 1.92 bits per heavy atom. The molecule has 0 bridgehead atoms. The Balaban J connectivity index is 1.50. The predicted molar refractivity (Wildman–Crippen MR) is 92.9 cm³/mol. The van der Waals surface area contributed by atoms with Crippen LogP contribution in [0.4, 0.5) is 0 Å². The van der Waals surface area contributed by atoms with Crippen LogP contribution in [0.1, 0.15) is 11.3 Å². The summed E-state index contributed by atoms with van der Waals surface area (Å²) < 4.78 is 8.06.